The number of sulfone groups is 1. The highest BCUT2D eigenvalue weighted by molar-refractivity contribution is 7.90. The maximum absolute atomic E-state index is 11.7. The molecule has 1 atom stereocenters. The Kier molecular flexibility index (Phi) is 3.80. The van der Waals surface area contributed by atoms with Crippen molar-refractivity contribution in [1.82, 2.24) is 4.90 Å². The molecule has 0 saturated carbocycles. The zero-order valence-electron chi connectivity index (χ0n) is 11.1. The van der Waals surface area contributed by atoms with Gasteiger partial charge < -0.3 is 10.6 Å². The molecular formula is C13H16N2O4S. The van der Waals surface area contributed by atoms with Crippen molar-refractivity contribution in [3.63, 3.8) is 0 Å². The number of amides is 2. The first-order valence-electron chi connectivity index (χ1n) is 6.13. The molecule has 0 bridgehead atoms. The van der Waals surface area contributed by atoms with E-state index in [4.69, 9.17) is 5.73 Å². The van der Waals surface area contributed by atoms with Gasteiger partial charge in [0.05, 0.1) is 10.8 Å². The minimum atomic E-state index is -3.22. The number of hydrogen-bond acceptors (Lipinski definition) is 4. The molecule has 6 nitrogen and oxygen atoms in total. The highest BCUT2D eigenvalue weighted by Crippen LogP contribution is 2.20. The maximum Gasteiger partial charge on any atom is 0.223 e. The predicted octanol–water partition coefficient (Wildman–Crippen LogP) is -0.0761. The molecule has 2 N–H and O–H groups in total. The SMILES string of the molecule is CS(=O)(=O)c1ccc(CN2CC(C(N)=O)CC2=O)cc1. The van der Waals surface area contributed by atoms with Gasteiger partial charge in [0, 0.05) is 25.8 Å². The third-order valence-corrected chi connectivity index (χ3v) is 4.47. The van der Waals surface area contributed by atoms with Crippen LogP contribution in [0.1, 0.15) is 12.0 Å². The normalized spacial score (nSPS) is 19.4. The van der Waals surface area contributed by atoms with Crippen LogP contribution in [0.3, 0.4) is 0 Å². The van der Waals surface area contributed by atoms with E-state index in [0.29, 0.717) is 13.1 Å². The van der Waals surface area contributed by atoms with E-state index in [9.17, 15) is 18.0 Å². The lowest BCUT2D eigenvalue weighted by molar-refractivity contribution is -0.128. The summed E-state index contributed by atoms with van der Waals surface area (Å²) in [7, 11) is -3.22. The van der Waals surface area contributed by atoms with Crippen molar-refractivity contribution in [2.45, 2.75) is 17.9 Å². The lowest BCUT2D eigenvalue weighted by Gasteiger charge is -2.16. The van der Waals surface area contributed by atoms with Crippen LogP contribution in [0.4, 0.5) is 0 Å². The number of carbonyl (C=O) groups is 2. The van der Waals surface area contributed by atoms with Gasteiger partial charge in [0.2, 0.25) is 11.8 Å². The number of carbonyl (C=O) groups excluding carboxylic acids is 2. The van der Waals surface area contributed by atoms with Gasteiger partial charge in [-0.3, -0.25) is 9.59 Å². The predicted molar refractivity (Wildman–Crippen MR) is 72.3 cm³/mol. The first-order chi connectivity index (χ1) is 9.27. The Morgan fingerprint density at radius 3 is 2.40 bits per heavy atom. The van der Waals surface area contributed by atoms with Crippen molar-refractivity contribution in [2.75, 3.05) is 12.8 Å². The lowest BCUT2D eigenvalue weighted by Crippen LogP contribution is -2.28. The van der Waals surface area contributed by atoms with E-state index >= 15 is 0 Å². The molecule has 0 aromatic heterocycles. The number of nitrogens with zero attached hydrogens (tertiary/aromatic N) is 1. The Morgan fingerprint density at radius 1 is 1.35 bits per heavy atom. The number of hydrogen-bond donors (Lipinski definition) is 1. The van der Waals surface area contributed by atoms with E-state index in [0.717, 1.165) is 11.8 Å². The second-order valence-electron chi connectivity index (χ2n) is 4.99. The highest BCUT2D eigenvalue weighted by atomic mass is 32.2. The van der Waals surface area contributed by atoms with Crippen molar-refractivity contribution < 1.29 is 18.0 Å². The molecular weight excluding hydrogens is 280 g/mol. The molecule has 0 radical (unpaired) electrons. The van der Waals surface area contributed by atoms with Gasteiger partial charge in [0.1, 0.15) is 0 Å². The molecule has 7 heteroatoms. The van der Waals surface area contributed by atoms with E-state index in [-0.39, 0.29) is 17.2 Å². The molecule has 1 aliphatic rings. The Balaban J connectivity index is 2.08. The molecule has 2 rings (SSSR count). The first-order valence-corrected chi connectivity index (χ1v) is 8.02. The van der Waals surface area contributed by atoms with Gasteiger partial charge in [0.15, 0.2) is 9.84 Å². The Labute approximate surface area is 117 Å². The fourth-order valence-corrected chi connectivity index (χ4v) is 2.81. The average molecular weight is 296 g/mol. The van der Waals surface area contributed by atoms with Crippen LogP contribution < -0.4 is 5.73 Å². The number of primary amides is 1. The van der Waals surface area contributed by atoms with Crippen LogP contribution in [0.2, 0.25) is 0 Å². The van der Waals surface area contributed by atoms with Crippen molar-refractivity contribution in [1.29, 1.82) is 0 Å². The summed E-state index contributed by atoms with van der Waals surface area (Å²) in [6.07, 6.45) is 1.29. The largest absolute Gasteiger partial charge is 0.369 e. The van der Waals surface area contributed by atoms with Gasteiger partial charge in [-0.05, 0) is 17.7 Å². The van der Waals surface area contributed by atoms with Crippen molar-refractivity contribution in [3.05, 3.63) is 29.8 Å². The zero-order chi connectivity index (χ0) is 14.9. The molecule has 1 aromatic carbocycles. The summed E-state index contributed by atoms with van der Waals surface area (Å²) in [6.45, 7) is 0.675. The topological polar surface area (TPSA) is 97.5 Å². The van der Waals surface area contributed by atoms with Gasteiger partial charge in [-0.1, -0.05) is 12.1 Å². The Bertz CT molecular complexity index is 637. The number of rotatable bonds is 4. The van der Waals surface area contributed by atoms with Crippen LogP contribution in [0.15, 0.2) is 29.2 Å². The lowest BCUT2D eigenvalue weighted by atomic mass is 10.1. The van der Waals surface area contributed by atoms with Gasteiger partial charge in [-0.25, -0.2) is 8.42 Å². The first kappa shape index (κ1) is 14.5. The Hall–Kier alpha value is -1.89. The van der Waals surface area contributed by atoms with Gasteiger partial charge >= 0.3 is 0 Å². The number of likely N-dealkylation sites (tertiary alicyclic amines) is 1. The zero-order valence-corrected chi connectivity index (χ0v) is 11.9. The smallest absolute Gasteiger partial charge is 0.223 e. The molecule has 1 heterocycles. The van der Waals surface area contributed by atoms with Crippen LogP contribution in [0, 0.1) is 5.92 Å². The van der Waals surface area contributed by atoms with Crippen LogP contribution in [0.5, 0.6) is 0 Å². The van der Waals surface area contributed by atoms with Gasteiger partial charge in [-0.2, -0.15) is 0 Å². The number of benzene rings is 1. The average Bonchev–Trinajstić information content (AvgIpc) is 2.71. The molecule has 1 fully saturated rings. The number of nitrogens with two attached hydrogens (primary N) is 1. The van der Waals surface area contributed by atoms with Crippen molar-refractivity contribution >= 4 is 21.7 Å². The molecule has 0 aliphatic carbocycles. The third-order valence-electron chi connectivity index (χ3n) is 3.34. The second-order valence-corrected chi connectivity index (χ2v) is 7.01. The van der Waals surface area contributed by atoms with E-state index in [2.05, 4.69) is 0 Å². The minimum Gasteiger partial charge on any atom is -0.369 e. The molecule has 2 amide bonds. The summed E-state index contributed by atoms with van der Waals surface area (Å²) in [5.74, 6) is -1.01. The van der Waals surface area contributed by atoms with Crippen molar-refractivity contribution in [2.24, 2.45) is 11.7 Å². The van der Waals surface area contributed by atoms with E-state index < -0.39 is 21.7 Å². The van der Waals surface area contributed by atoms with Crippen LogP contribution in [-0.4, -0.2) is 37.9 Å². The molecule has 0 spiro atoms. The molecule has 1 unspecified atom stereocenters. The standard InChI is InChI=1S/C13H16N2O4S/c1-20(18,19)11-4-2-9(3-5-11)7-15-8-10(13(14)17)6-12(15)16/h2-5,10H,6-8H2,1H3,(H2,14,17). The summed E-state index contributed by atoms with van der Waals surface area (Å²) >= 11 is 0. The second kappa shape index (κ2) is 5.24. The van der Waals surface area contributed by atoms with E-state index in [1.165, 1.54) is 12.1 Å². The fourth-order valence-electron chi connectivity index (χ4n) is 2.18. The summed E-state index contributed by atoms with van der Waals surface area (Å²) in [4.78, 5) is 24.6. The van der Waals surface area contributed by atoms with Gasteiger partial charge in [0.25, 0.3) is 0 Å². The van der Waals surface area contributed by atoms with E-state index in [1.807, 2.05) is 0 Å². The Morgan fingerprint density at radius 2 is 1.95 bits per heavy atom. The molecule has 1 aromatic rings. The third kappa shape index (κ3) is 3.16. The summed E-state index contributed by atoms with van der Waals surface area (Å²) < 4.78 is 22.7. The van der Waals surface area contributed by atoms with Crippen LogP contribution >= 0.6 is 0 Å². The quantitative estimate of drug-likeness (QED) is 0.840. The monoisotopic (exact) mass is 296 g/mol. The van der Waals surface area contributed by atoms with E-state index in [1.54, 1.807) is 17.0 Å². The highest BCUT2D eigenvalue weighted by Gasteiger charge is 2.32. The fraction of sp³-hybridized carbons (Fsp3) is 0.385. The molecule has 1 aliphatic heterocycles. The van der Waals surface area contributed by atoms with Crippen LogP contribution in [-0.2, 0) is 26.0 Å². The van der Waals surface area contributed by atoms with Crippen molar-refractivity contribution in [3.8, 4) is 0 Å². The molecule has 1 saturated heterocycles. The summed E-state index contributed by atoms with van der Waals surface area (Å²) in [5.41, 5.74) is 6.01. The summed E-state index contributed by atoms with van der Waals surface area (Å²) in [5, 5.41) is 0. The molecule has 20 heavy (non-hydrogen) atoms. The van der Waals surface area contributed by atoms with Crippen LogP contribution in [0.25, 0.3) is 0 Å². The maximum atomic E-state index is 11.7. The summed E-state index contributed by atoms with van der Waals surface area (Å²) in [6, 6.07) is 6.36. The minimum absolute atomic E-state index is 0.110. The molecule has 108 valence electrons. The van der Waals surface area contributed by atoms with Gasteiger partial charge in [-0.15, -0.1) is 0 Å².